The Labute approximate surface area is 90.9 Å². The fraction of sp³-hybridized carbons (Fsp3) is 0.333. The molecule has 0 saturated heterocycles. The fourth-order valence-corrected chi connectivity index (χ4v) is 1.45. The molecule has 0 N–H and O–H groups in total. The van der Waals surface area contributed by atoms with E-state index >= 15 is 0 Å². The second-order valence-corrected chi connectivity index (χ2v) is 3.86. The van der Waals surface area contributed by atoms with Crippen molar-refractivity contribution in [3.8, 4) is 6.07 Å². The number of hydrogen-bond donors (Lipinski definition) is 0. The molecule has 1 aromatic heterocycles. The van der Waals surface area contributed by atoms with Crippen LogP contribution in [0.25, 0.3) is 0 Å². The second kappa shape index (κ2) is 4.87. The van der Waals surface area contributed by atoms with E-state index in [1.807, 2.05) is 6.07 Å². The van der Waals surface area contributed by atoms with Gasteiger partial charge in [0, 0.05) is 19.0 Å². The summed E-state index contributed by atoms with van der Waals surface area (Å²) < 4.78 is 15.8. The van der Waals surface area contributed by atoms with E-state index in [0.717, 1.165) is 5.69 Å². The molecule has 1 aromatic rings. The SMILES string of the molecule is Cc1ccc(C#N)c(N(C)OS(C)=O)n1. The van der Waals surface area contributed by atoms with Crippen LogP contribution in [0.3, 0.4) is 0 Å². The third-order valence-electron chi connectivity index (χ3n) is 1.65. The Bertz CT molecular complexity index is 428. The summed E-state index contributed by atoms with van der Waals surface area (Å²) in [4.78, 5) is 4.14. The van der Waals surface area contributed by atoms with E-state index in [2.05, 4.69) is 4.98 Å². The molecule has 80 valence electrons. The van der Waals surface area contributed by atoms with Crippen LogP contribution in [0.1, 0.15) is 11.3 Å². The first kappa shape index (κ1) is 11.6. The number of hydrogen-bond acceptors (Lipinski definition) is 5. The summed E-state index contributed by atoms with van der Waals surface area (Å²) >= 11 is -1.44. The van der Waals surface area contributed by atoms with Crippen molar-refractivity contribution >= 4 is 16.9 Å². The summed E-state index contributed by atoms with van der Waals surface area (Å²) in [6.07, 6.45) is 1.40. The molecule has 0 saturated carbocycles. The molecule has 0 aliphatic carbocycles. The lowest BCUT2D eigenvalue weighted by Crippen LogP contribution is -2.21. The molecule has 1 rings (SSSR count). The Morgan fingerprint density at radius 1 is 1.60 bits per heavy atom. The van der Waals surface area contributed by atoms with Gasteiger partial charge in [0.15, 0.2) is 16.9 Å². The zero-order chi connectivity index (χ0) is 11.4. The van der Waals surface area contributed by atoms with Crippen LogP contribution in [0.15, 0.2) is 12.1 Å². The van der Waals surface area contributed by atoms with Gasteiger partial charge in [-0.05, 0) is 19.1 Å². The molecular weight excluding hydrogens is 214 g/mol. The van der Waals surface area contributed by atoms with E-state index in [-0.39, 0.29) is 0 Å². The molecule has 0 aliphatic rings. The lowest BCUT2D eigenvalue weighted by molar-refractivity contribution is 0.332. The zero-order valence-corrected chi connectivity index (χ0v) is 9.54. The van der Waals surface area contributed by atoms with Gasteiger partial charge in [0.1, 0.15) is 6.07 Å². The van der Waals surface area contributed by atoms with Crippen LogP contribution in [-0.4, -0.2) is 22.5 Å². The van der Waals surface area contributed by atoms with Crippen LogP contribution in [0, 0.1) is 18.3 Å². The van der Waals surface area contributed by atoms with Crippen molar-refractivity contribution in [2.75, 3.05) is 18.4 Å². The van der Waals surface area contributed by atoms with Crippen molar-refractivity contribution in [3.63, 3.8) is 0 Å². The summed E-state index contributed by atoms with van der Waals surface area (Å²) in [6.45, 7) is 1.81. The highest BCUT2D eigenvalue weighted by molar-refractivity contribution is 7.79. The highest BCUT2D eigenvalue weighted by Crippen LogP contribution is 2.16. The molecule has 0 fully saturated rings. The van der Waals surface area contributed by atoms with Crippen LogP contribution in [-0.2, 0) is 15.4 Å². The Hall–Kier alpha value is -1.45. The Morgan fingerprint density at radius 2 is 2.27 bits per heavy atom. The summed E-state index contributed by atoms with van der Waals surface area (Å²) in [5, 5.41) is 10.1. The summed E-state index contributed by atoms with van der Waals surface area (Å²) in [5.74, 6) is 0.368. The molecule has 1 heterocycles. The Morgan fingerprint density at radius 3 is 2.80 bits per heavy atom. The van der Waals surface area contributed by atoms with Gasteiger partial charge in [-0.1, -0.05) is 0 Å². The number of nitriles is 1. The van der Waals surface area contributed by atoms with Crippen LogP contribution < -0.4 is 5.06 Å². The largest absolute Gasteiger partial charge is 0.233 e. The Balaban J connectivity index is 3.06. The minimum atomic E-state index is -1.44. The van der Waals surface area contributed by atoms with Gasteiger partial charge in [-0.3, -0.25) is 0 Å². The van der Waals surface area contributed by atoms with Gasteiger partial charge < -0.3 is 0 Å². The topological polar surface area (TPSA) is 66.2 Å². The molecule has 0 amide bonds. The van der Waals surface area contributed by atoms with E-state index < -0.39 is 11.1 Å². The summed E-state index contributed by atoms with van der Waals surface area (Å²) in [6, 6.07) is 5.38. The number of aromatic nitrogens is 1. The first-order valence-electron chi connectivity index (χ1n) is 4.18. The number of pyridine rings is 1. The van der Waals surface area contributed by atoms with Crippen molar-refractivity contribution in [2.24, 2.45) is 0 Å². The predicted octanol–water partition coefficient (Wildman–Crippen LogP) is 0.923. The van der Waals surface area contributed by atoms with Gasteiger partial charge in [-0.25, -0.2) is 14.3 Å². The molecule has 0 aliphatic heterocycles. The third kappa shape index (κ3) is 3.01. The van der Waals surface area contributed by atoms with E-state index in [4.69, 9.17) is 9.55 Å². The first-order chi connectivity index (χ1) is 7.04. The van der Waals surface area contributed by atoms with Crippen molar-refractivity contribution in [1.29, 1.82) is 5.26 Å². The summed E-state index contributed by atoms with van der Waals surface area (Å²) in [7, 11) is 1.56. The zero-order valence-electron chi connectivity index (χ0n) is 8.72. The standard InChI is InChI=1S/C9H11N3O2S/c1-7-4-5-8(6-10)9(11-7)12(2)14-15(3)13/h4-5H,1-3H3. The van der Waals surface area contributed by atoms with Gasteiger partial charge >= 0.3 is 0 Å². The van der Waals surface area contributed by atoms with Crippen LogP contribution in [0.5, 0.6) is 0 Å². The maximum atomic E-state index is 10.8. The minimum Gasteiger partial charge on any atom is -0.233 e. The Kier molecular flexibility index (Phi) is 3.77. The van der Waals surface area contributed by atoms with Gasteiger partial charge in [-0.2, -0.15) is 9.55 Å². The van der Waals surface area contributed by atoms with Crippen LogP contribution >= 0.6 is 0 Å². The average molecular weight is 225 g/mol. The molecule has 0 aromatic carbocycles. The molecule has 0 radical (unpaired) electrons. The normalized spacial score (nSPS) is 11.9. The first-order valence-corrected chi connectivity index (χ1v) is 5.66. The van der Waals surface area contributed by atoms with Gasteiger partial charge in [-0.15, -0.1) is 0 Å². The lowest BCUT2D eigenvalue weighted by Gasteiger charge is -2.16. The monoisotopic (exact) mass is 225 g/mol. The molecule has 1 atom stereocenters. The molecule has 15 heavy (non-hydrogen) atoms. The van der Waals surface area contributed by atoms with Gasteiger partial charge in [0.2, 0.25) is 0 Å². The van der Waals surface area contributed by atoms with E-state index in [0.29, 0.717) is 11.4 Å². The predicted molar refractivity (Wildman–Crippen MR) is 57.2 cm³/mol. The summed E-state index contributed by atoms with van der Waals surface area (Å²) in [5.41, 5.74) is 1.15. The maximum Gasteiger partial charge on any atom is 0.176 e. The molecule has 0 bridgehead atoms. The number of nitrogens with zero attached hydrogens (tertiary/aromatic N) is 3. The molecular formula is C9H11N3O2S. The van der Waals surface area contributed by atoms with Crippen molar-refractivity contribution in [2.45, 2.75) is 6.92 Å². The average Bonchev–Trinajstić information content (AvgIpc) is 2.16. The van der Waals surface area contributed by atoms with Crippen molar-refractivity contribution in [3.05, 3.63) is 23.4 Å². The van der Waals surface area contributed by atoms with Crippen molar-refractivity contribution in [1.82, 2.24) is 4.98 Å². The third-order valence-corrected chi connectivity index (χ3v) is 2.08. The van der Waals surface area contributed by atoms with Crippen molar-refractivity contribution < 1.29 is 8.49 Å². The van der Waals surface area contributed by atoms with Crippen LogP contribution in [0.2, 0.25) is 0 Å². The highest BCUT2D eigenvalue weighted by atomic mass is 32.2. The van der Waals surface area contributed by atoms with E-state index in [1.165, 1.54) is 11.3 Å². The van der Waals surface area contributed by atoms with E-state index in [1.54, 1.807) is 26.1 Å². The molecule has 1 unspecified atom stereocenters. The molecule has 0 spiro atoms. The molecule has 5 nitrogen and oxygen atoms in total. The quantitative estimate of drug-likeness (QED) is 0.716. The fourth-order valence-electron chi connectivity index (χ4n) is 1.06. The lowest BCUT2D eigenvalue weighted by atomic mass is 10.2. The minimum absolute atomic E-state index is 0.368. The smallest absolute Gasteiger partial charge is 0.176 e. The second-order valence-electron chi connectivity index (χ2n) is 2.91. The van der Waals surface area contributed by atoms with E-state index in [9.17, 15) is 4.21 Å². The number of hydroxylamine groups is 1. The highest BCUT2D eigenvalue weighted by Gasteiger charge is 2.11. The van der Waals surface area contributed by atoms with Gasteiger partial charge in [0.05, 0.1) is 5.56 Å². The molecule has 6 heteroatoms. The van der Waals surface area contributed by atoms with Crippen LogP contribution in [0.4, 0.5) is 5.82 Å². The number of anilines is 1. The number of aryl methyl sites for hydroxylation is 1. The van der Waals surface area contributed by atoms with Gasteiger partial charge in [0.25, 0.3) is 0 Å². The number of rotatable bonds is 3. The maximum absolute atomic E-state index is 10.8.